The number of hydrogen-bond donors (Lipinski definition) is 1. The molecule has 5 aromatic carbocycles. The van der Waals surface area contributed by atoms with Crippen molar-refractivity contribution >= 4 is 58.6 Å². The molecule has 354 valence electrons. The SMILES string of the molecule is COc1ccc(C(OC[C@]23COC(C2OP(SCCSC(=O)c2ccccc2)N2CCCC2)[C@H](n2cnc4c(NC(=O)c5ccccc5)ncnc42)O3)(c2ccccc2)c2ccc(OC)cc2)cc1. The monoisotopic (exact) mass is 982 g/mol. The molecule has 7 aromatic rings. The van der Waals surface area contributed by atoms with Gasteiger partial charge in [-0.1, -0.05) is 126 Å². The number of hydrogen-bond acceptors (Lipinski definition) is 14. The van der Waals surface area contributed by atoms with Crippen molar-refractivity contribution in [2.75, 3.05) is 57.3 Å². The zero-order valence-electron chi connectivity index (χ0n) is 38.1. The topological polar surface area (TPSA) is 148 Å². The van der Waals surface area contributed by atoms with Crippen molar-refractivity contribution in [3.8, 4) is 11.5 Å². The molecule has 17 heteroatoms. The van der Waals surface area contributed by atoms with Crippen molar-refractivity contribution in [3.05, 3.63) is 180 Å². The Labute approximate surface area is 410 Å². The third-order valence-electron chi connectivity index (χ3n) is 12.6. The highest BCUT2D eigenvalue weighted by molar-refractivity contribution is 8.53. The molecule has 69 heavy (non-hydrogen) atoms. The van der Waals surface area contributed by atoms with Gasteiger partial charge >= 0.3 is 0 Å². The summed E-state index contributed by atoms with van der Waals surface area (Å²) < 4.78 is 44.7. The average Bonchev–Trinajstić information content (AvgIpc) is 4.23. The zero-order chi connectivity index (χ0) is 47.2. The number of rotatable bonds is 19. The smallest absolute Gasteiger partial charge is 0.256 e. The molecule has 5 atom stereocenters. The number of ether oxygens (including phenoxy) is 5. The highest BCUT2D eigenvalue weighted by Crippen LogP contribution is 2.61. The van der Waals surface area contributed by atoms with Gasteiger partial charge in [-0.3, -0.25) is 18.8 Å². The minimum absolute atomic E-state index is 0.0481. The molecule has 3 fully saturated rings. The molecular weight excluding hydrogens is 932 g/mol. The number of nitrogens with zero attached hydrogens (tertiary/aromatic N) is 5. The van der Waals surface area contributed by atoms with Gasteiger partial charge < -0.3 is 33.5 Å². The first-order valence-corrected chi connectivity index (χ1v) is 26.6. The molecule has 1 amide bonds. The van der Waals surface area contributed by atoms with Gasteiger partial charge in [-0.25, -0.2) is 15.0 Å². The molecule has 0 radical (unpaired) electrons. The minimum atomic E-state index is -1.25. The van der Waals surface area contributed by atoms with Crippen molar-refractivity contribution in [1.29, 1.82) is 0 Å². The number of carbonyl (C=O) groups is 2. The fourth-order valence-electron chi connectivity index (χ4n) is 9.13. The second kappa shape index (κ2) is 21.1. The van der Waals surface area contributed by atoms with Crippen LogP contribution >= 0.6 is 30.6 Å². The van der Waals surface area contributed by atoms with Gasteiger partial charge in [-0.15, -0.1) is 0 Å². The van der Waals surface area contributed by atoms with Crippen molar-refractivity contribution in [3.63, 3.8) is 0 Å². The van der Waals surface area contributed by atoms with Crippen LogP contribution in [0.1, 0.15) is 56.5 Å². The Morgan fingerprint density at radius 3 is 2.01 bits per heavy atom. The summed E-state index contributed by atoms with van der Waals surface area (Å²) in [5.74, 6) is 2.70. The van der Waals surface area contributed by atoms with Crippen LogP contribution in [0, 0.1) is 0 Å². The predicted molar refractivity (Wildman–Crippen MR) is 269 cm³/mol. The van der Waals surface area contributed by atoms with E-state index in [-0.39, 0.29) is 30.1 Å². The molecule has 14 nitrogen and oxygen atoms in total. The van der Waals surface area contributed by atoms with Gasteiger partial charge in [-0.05, 0) is 65.9 Å². The van der Waals surface area contributed by atoms with E-state index in [0.717, 1.165) is 42.6 Å². The molecule has 10 rings (SSSR count). The molecule has 2 aromatic heterocycles. The third kappa shape index (κ3) is 9.65. The van der Waals surface area contributed by atoms with E-state index in [0.29, 0.717) is 45.3 Å². The first kappa shape index (κ1) is 47.0. The number of thioether (sulfide) groups is 1. The number of nitrogens with one attached hydrogen (secondary N) is 1. The summed E-state index contributed by atoms with van der Waals surface area (Å²) in [6.45, 7) is 2.03. The number of carbonyl (C=O) groups excluding carboxylic acids is 2. The molecule has 0 aliphatic carbocycles. The largest absolute Gasteiger partial charge is 0.497 e. The van der Waals surface area contributed by atoms with Gasteiger partial charge in [0.15, 0.2) is 30.7 Å². The highest BCUT2D eigenvalue weighted by atomic mass is 32.7. The van der Waals surface area contributed by atoms with E-state index in [2.05, 4.69) is 32.1 Å². The summed E-state index contributed by atoms with van der Waals surface area (Å²) in [5, 5.41) is 2.97. The number of anilines is 1. The molecule has 3 aliphatic heterocycles. The maximum atomic E-state index is 13.3. The van der Waals surface area contributed by atoms with E-state index >= 15 is 0 Å². The van der Waals surface area contributed by atoms with Gasteiger partial charge in [-0.2, -0.15) is 0 Å². The lowest BCUT2D eigenvalue weighted by Crippen LogP contribution is -2.49. The van der Waals surface area contributed by atoms with E-state index < -0.39 is 37.1 Å². The number of imidazole rings is 1. The molecule has 1 N–H and O–H groups in total. The molecule has 0 spiro atoms. The molecule has 3 saturated heterocycles. The Morgan fingerprint density at radius 2 is 1.38 bits per heavy atom. The molecule has 0 saturated carbocycles. The summed E-state index contributed by atoms with van der Waals surface area (Å²) >= 11 is 3.07. The normalized spacial score (nSPS) is 20.5. The first-order chi connectivity index (χ1) is 33.9. The Morgan fingerprint density at radius 1 is 0.768 bits per heavy atom. The van der Waals surface area contributed by atoms with Crippen LogP contribution in [0.2, 0.25) is 0 Å². The standard InChI is InChI=1S/C52H51N6O8PS2/c1-61-41-24-20-39(21-25-41)52(38-18-10-5-11-19-38,40-22-26-42(62-2)27-23-40)64-33-51-32-63-44(45(51)66-67(57-28-12-13-29-57)69-31-30-68-50(60)37-16-8-4-9-17-37)49(65-51)58-35-55-43-46(53-34-54-47(43)58)56-48(59)36-14-6-3-7-15-36/h3-11,14-27,34-35,44-45,49H,12-13,28-33H2,1-2H3,(H,53,54,56,59)/t44?,45?,49-,51-,67?/m1/s1. The zero-order valence-corrected chi connectivity index (χ0v) is 40.6. The quantitative estimate of drug-likeness (QED) is 0.0466. The van der Waals surface area contributed by atoms with Gasteiger partial charge in [0.2, 0.25) is 5.12 Å². The maximum Gasteiger partial charge on any atom is 0.256 e. The van der Waals surface area contributed by atoms with Crippen LogP contribution in [0.5, 0.6) is 11.5 Å². The van der Waals surface area contributed by atoms with E-state index in [1.54, 1.807) is 44.1 Å². The lowest BCUT2D eigenvalue weighted by Gasteiger charge is -2.40. The summed E-state index contributed by atoms with van der Waals surface area (Å²) in [4.78, 5) is 40.2. The Balaban J connectivity index is 1.02. The lowest BCUT2D eigenvalue weighted by atomic mass is 9.79. The van der Waals surface area contributed by atoms with E-state index in [4.69, 9.17) is 33.2 Å². The summed E-state index contributed by atoms with van der Waals surface area (Å²) in [7, 11) is 2.05. The molecular formula is C52H51N6O8PS2. The third-order valence-corrected chi connectivity index (χ3v) is 17.8. The van der Waals surface area contributed by atoms with Crippen LogP contribution in [0.3, 0.4) is 0 Å². The van der Waals surface area contributed by atoms with Crippen LogP contribution < -0.4 is 14.8 Å². The minimum Gasteiger partial charge on any atom is -0.497 e. The van der Waals surface area contributed by atoms with Gasteiger partial charge in [0.05, 0.1) is 33.8 Å². The van der Waals surface area contributed by atoms with Crippen LogP contribution in [0.4, 0.5) is 5.82 Å². The van der Waals surface area contributed by atoms with E-state index in [1.807, 2.05) is 120 Å². The number of methoxy groups -OCH3 is 2. The summed E-state index contributed by atoms with van der Waals surface area (Å²) in [6.07, 6.45) is 3.21. The Bertz CT molecular complexity index is 2800. The number of fused-ring (bicyclic) bond motifs is 3. The predicted octanol–water partition coefficient (Wildman–Crippen LogP) is 9.79. The fraction of sp³-hybridized carbons (Fsp3) is 0.288. The van der Waals surface area contributed by atoms with Crippen LogP contribution in [-0.4, -0.2) is 105 Å². The van der Waals surface area contributed by atoms with Crippen molar-refractivity contribution in [2.24, 2.45) is 0 Å². The lowest BCUT2D eigenvalue weighted by molar-refractivity contribution is -0.201. The summed E-state index contributed by atoms with van der Waals surface area (Å²) in [5.41, 5.74) is 2.38. The fourth-order valence-corrected chi connectivity index (χ4v) is 14.5. The molecule has 2 bridgehead atoms. The van der Waals surface area contributed by atoms with E-state index in [9.17, 15) is 9.59 Å². The second-order valence-electron chi connectivity index (χ2n) is 16.8. The van der Waals surface area contributed by atoms with E-state index in [1.165, 1.54) is 18.1 Å². The molecule has 3 aliphatic rings. The number of aromatic nitrogens is 4. The molecule has 5 heterocycles. The van der Waals surface area contributed by atoms with Gasteiger partial charge in [0.1, 0.15) is 41.2 Å². The number of amides is 1. The van der Waals surface area contributed by atoms with Crippen molar-refractivity contribution < 1.29 is 37.8 Å². The summed E-state index contributed by atoms with van der Waals surface area (Å²) in [6, 6.07) is 44.4. The Kier molecular flexibility index (Phi) is 14.4. The number of benzene rings is 5. The molecule has 3 unspecified atom stereocenters. The second-order valence-corrected chi connectivity index (χ2v) is 21.5. The van der Waals surface area contributed by atoms with Crippen LogP contribution in [0.25, 0.3) is 11.2 Å². The van der Waals surface area contributed by atoms with Gasteiger partial charge in [0, 0.05) is 35.7 Å². The average molecular weight is 983 g/mol. The highest BCUT2D eigenvalue weighted by Gasteiger charge is 2.65. The van der Waals surface area contributed by atoms with Gasteiger partial charge in [0.25, 0.3) is 5.91 Å². The van der Waals surface area contributed by atoms with Crippen molar-refractivity contribution in [2.45, 2.75) is 42.5 Å². The van der Waals surface area contributed by atoms with Crippen molar-refractivity contribution in [1.82, 2.24) is 24.2 Å². The van der Waals surface area contributed by atoms with Crippen LogP contribution in [0.15, 0.2) is 152 Å². The first-order valence-electron chi connectivity index (χ1n) is 22.8. The maximum absolute atomic E-state index is 13.3. The van der Waals surface area contributed by atoms with Crippen LogP contribution in [-0.2, 0) is 24.3 Å². The Hall–Kier alpha value is -5.68.